The number of sulfonamides is 1. The molecule has 0 unspecified atom stereocenters. The van der Waals surface area contributed by atoms with Gasteiger partial charge in [0.25, 0.3) is 11.2 Å². The van der Waals surface area contributed by atoms with Gasteiger partial charge in [-0.3, -0.25) is 19.5 Å². The van der Waals surface area contributed by atoms with Gasteiger partial charge in [-0.25, -0.2) is 23.0 Å². The second kappa shape index (κ2) is 6.63. The quantitative estimate of drug-likeness (QED) is 0.414. The minimum Gasteiger partial charge on any atom is -0.305 e. The molecule has 2 heterocycles. The Balaban J connectivity index is 2.33. The molecule has 0 aliphatic carbocycles. The highest BCUT2D eigenvalue weighted by atomic mass is 32.2. The van der Waals surface area contributed by atoms with Gasteiger partial charge in [-0.15, -0.1) is 0 Å². The molecule has 2 N–H and O–H groups in total. The Morgan fingerprint density at radius 1 is 1.39 bits per heavy atom. The molecule has 0 aliphatic rings. The third-order valence-corrected chi connectivity index (χ3v) is 4.14. The Bertz CT molecular complexity index is 1380. The Morgan fingerprint density at radius 2 is 2.11 bits per heavy atom. The van der Waals surface area contributed by atoms with Crippen LogP contribution in [0.3, 0.4) is 0 Å². The number of hydrogen-bond acceptors (Lipinski definition) is 8. The predicted octanol–water partition coefficient (Wildman–Crippen LogP) is -0.647. The maximum atomic E-state index is 12.6. The molecule has 0 saturated carbocycles. The van der Waals surface area contributed by atoms with Crippen molar-refractivity contribution in [3.05, 3.63) is 61.3 Å². The third kappa shape index (κ3) is 3.46. The fourth-order valence-electron chi connectivity index (χ4n) is 2.51. The summed E-state index contributed by atoms with van der Waals surface area (Å²) in [6, 6.07) is 4.01. The van der Waals surface area contributed by atoms with Gasteiger partial charge in [0.05, 0.1) is 46.6 Å². The summed E-state index contributed by atoms with van der Waals surface area (Å²) in [6.45, 7) is 0. The molecule has 3 rings (SSSR count). The van der Waals surface area contributed by atoms with Crippen LogP contribution in [0.5, 0.6) is 0 Å². The fourth-order valence-corrected chi connectivity index (χ4v) is 3.01. The lowest BCUT2D eigenvalue weighted by atomic mass is 10.2. The second-order valence-electron chi connectivity index (χ2n) is 5.68. The number of nitrogens with zero attached hydrogens (tertiary/aromatic N) is 5. The van der Waals surface area contributed by atoms with E-state index in [9.17, 15) is 28.1 Å². The standard InChI is InChI=1S/C14H11N7O6S/c1-28(26,27)18-20-13(22)9-4-11(19-6-8(2-3-15)16-7-19)12(21(24)25)5-10(9)17-14(20)23/h4-7,18H,2H2,1H3,(H,17,23). The Hall–Kier alpha value is -3.99. The number of nitro benzene ring substituents is 1. The first-order valence-electron chi connectivity index (χ1n) is 7.46. The van der Waals surface area contributed by atoms with Crippen LogP contribution in [0.15, 0.2) is 34.2 Å². The van der Waals surface area contributed by atoms with Gasteiger partial charge in [0.1, 0.15) is 5.69 Å². The van der Waals surface area contributed by atoms with Gasteiger partial charge >= 0.3 is 5.69 Å². The minimum absolute atomic E-state index is 0.0210. The molecule has 0 amide bonds. The summed E-state index contributed by atoms with van der Waals surface area (Å²) in [7, 11) is -3.94. The van der Waals surface area contributed by atoms with Gasteiger partial charge in [0.2, 0.25) is 10.0 Å². The van der Waals surface area contributed by atoms with Gasteiger partial charge in [-0.05, 0) is 6.07 Å². The number of rotatable bonds is 5. The van der Waals surface area contributed by atoms with Crippen molar-refractivity contribution in [1.82, 2.24) is 19.2 Å². The summed E-state index contributed by atoms with van der Waals surface area (Å²) in [5.74, 6) is 0. The molecule has 0 aliphatic heterocycles. The number of nitrogens with one attached hydrogen (secondary N) is 2. The Morgan fingerprint density at radius 3 is 2.71 bits per heavy atom. The minimum atomic E-state index is -3.94. The summed E-state index contributed by atoms with van der Waals surface area (Å²) in [4.78, 5) is 43.3. The molecule has 1 aromatic carbocycles. The molecule has 0 saturated heterocycles. The summed E-state index contributed by atoms with van der Waals surface area (Å²) in [5, 5.41) is 20.0. The average Bonchev–Trinajstić information content (AvgIpc) is 3.05. The van der Waals surface area contributed by atoms with Gasteiger partial charge in [-0.1, -0.05) is 0 Å². The van der Waals surface area contributed by atoms with Crippen LogP contribution in [-0.2, 0) is 16.4 Å². The second-order valence-corrected chi connectivity index (χ2v) is 7.41. The smallest absolute Gasteiger partial charge is 0.305 e. The number of hydrogen-bond donors (Lipinski definition) is 2. The number of fused-ring (bicyclic) bond motifs is 1. The van der Waals surface area contributed by atoms with E-state index in [2.05, 4.69) is 9.97 Å². The van der Waals surface area contributed by atoms with E-state index in [0.29, 0.717) is 5.69 Å². The van der Waals surface area contributed by atoms with Gasteiger partial charge in [0.15, 0.2) is 0 Å². The highest BCUT2D eigenvalue weighted by Gasteiger charge is 2.21. The van der Waals surface area contributed by atoms with E-state index in [0.717, 1.165) is 18.4 Å². The molecule has 13 nitrogen and oxygen atoms in total. The van der Waals surface area contributed by atoms with E-state index in [1.165, 1.54) is 17.1 Å². The van der Waals surface area contributed by atoms with Crippen molar-refractivity contribution in [3.63, 3.8) is 0 Å². The van der Waals surface area contributed by atoms with Crippen LogP contribution in [-0.4, -0.2) is 38.8 Å². The number of nitro groups is 1. The van der Waals surface area contributed by atoms with Crippen molar-refractivity contribution in [1.29, 1.82) is 5.26 Å². The van der Waals surface area contributed by atoms with E-state index in [4.69, 9.17) is 5.26 Å². The number of aromatic amines is 1. The predicted molar refractivity (Wildman–Crippen MR) is 96.1 cm³/mol. The maximum absolute atomic E-state index is 12.6. The van der Waals surface area contributed by atoms with Crippen LogP contribution in [0.4, 0.5) is 5.69 Å². The Labute approximate surface area is 155 Å². The van der Waals surface area contributed by atoms with Crippen molar-refractivity contribution in [2.75, 3.05) is 11.1 Å². The largest absolute Gasteiger partial charge is 0.348 e. The van der Waals surface area contributed by atoms with Crippen molar-refractivity contribution in [3.8, 4) is 11.8 Å². The van der Waals surface area contributed by atoms with Gasteiger partial charge < -0.3 is 4.98 Å². The molecular formula is C14H11N7O6S. The van der Waals surface area contributed by atoms with E-state index in [-0.39, 0.29) is 27.7 Å². The number of nitriles is 1. The average molecular weight is 405 g/mol. The normalized spacial score (nSPS) is 11.3. The van der Waals surface area contributed by atoms with Crippen LogP contribution in [0.2, 0.25) is 0 Å². The van der Waals surface area contributed by atoms with E-state index in [1.807, 2.05) is 6.07 Å². The lowest BCUT2D eigenvalue weighted by Crippen LogP contribution is -2.43. The highest BCUT2D eigenvalue weighted by Crippen LogP contribution is 2.26. The van der Waals surface area contributed by atoms with Gasteiger partial charge in [-0.2, -0.15) is 9.94 Å². The number of aromatic nitrogens is 4. The molecule has 14 heteroatoms. The topological polar surface area (TPSA) is 186 Å². The molecule has 2 aromatic heterocycles. The van der Waals surface area contributed by atoms with Crippen LogP contribution >= 0.6 is 0 Å². The van der Waals surface area contributed by atoms with Gasteiger partial charge in [0, 0.05) is 12.3 Å². The fraction of sp³-hybridized carbons (Fsp3) is 0.143. The lowest BCUT2D eigenvalue weighted by Gasteiger charge is -2.09. The van der Waals surface area contributed by atoms with E-state index < -0.39 is 31.9 Å². The zero-order chi connectivity index (χ0) is 20.6. The first-order valence-corrected chi connectivity index (χ1v) is 9.35. The third-order valence-electron chi connectivity index (χ3n) is 3.62. The molecule has 0 bridgehead atoms. The monoisotopic (exact) mass is 405 g/mol. The molecule has 0 atom stereocenters. The summed E-state index contributed by atoms with van der Waals surface area (Å²) in [6.07, 6.45) is 3.36. The van der Waals surface area contributed by atoms with E-state index in [1.54, 1.807) is 4.83 Å². The molecule has 3 aromatic rings. The first kappa shape index (κ1) is 18.8. The van der Waals surface area contributed by atoms with Crippen LogP contribution in [0.1, 0.15) is 5.69 Å². The zero-order valence-corrected chi connectivity index (χ0v) is 14.9. The molecule has 28 heavy (non-hydrogen) atoms. The van der Waals surface area contributed by atoms with Crippen LogP contribution in [0, 0.1) is 21.4 Å². The highest BCUT2D eigenvalue weighted by molar-refractivity contribution is 7.91. The molecule has 144 valence electrons. The lowest BCUT2D eigenvalue weighted by molar-refractivity contribution is -0.384. The van der Waals surface area contributed by atoms with Crippen molar-refractivity contribution >= 4 is 26.6 Å². The molecule has 0 radical (unpaired) electrons. The van der Waals surface area contributed by atoms with Crippen molar-refractivity contribution < 1.29 is 13.3 Å². The maximum Gasteiger partial charge on any atom is 0.348 e. The summed E-state index contributed by atoms with van der Waals surface area (Å²) in [5.41, 5.74) is -2.40. The molecule has 0 fully saturated rings. The number of benzene rings is 1. The summed E-state index contributed by atoms with van der Waals surface area (Å²) < 4.78 is 24.3. The molecule has 0 spiro atoms. The van der Waals surface area contributed by atoms with Crippen LogP contribution in [0.25, 0.3) is 16.6 Å². The molecular weight excluding hydrogens is 394 g/mol. The number of imidazole rings is 1. The van der Waals surface area contributed by atoms with E-state index >= 15 is 0 Å². The summed E-state index contributed by atoms with van der Waals surface area (Å²) >= 11 is 0. The first-order chi connectivity index (χ1) is 13.1. The van der Waals surface area contributed by atoms with Crippen molar-refractivity contribution in [2.45, 2.75) is 6.42 Å². The number of H-pyrrole nitrogens is 1. The Kier molecular flexibility index (Phi) is 4.45. The van der Waals surface area contributed by atoms with Crippen molar-refractivity contribution in [2.24, 2.45) is 0 Å². The van der Waals surface area contributed by atoms with Crippen LogP contribution < -0.4 is 16.1 Å². The zero-order valence-electron chi connectivity index (χ0n) is 14.1. The SMILES string of the molecule is CS(=O)(=O)Nn1c(=O)[nH]c2cc([N+](=O)[O-])c(-n3cnc(CC#N)c3)cc2c1=O.